The molecule has 0 aliphatic carbocycles. The molecular formula is C25H26FN3O. The van der Waals surface area contributed by atoms with Crippen LogP contribution in [0.5, 0.6) is 0 Å². The highest BCUT2D eigenvalue weighted by Crippen LogP contribution is 2.45. The first-order chi connectivity index (χ1) is 14.4. The monoisotopic (exact) mass is 403 g/mol. The third-order valence-corrected chi connectivity index (χ3v) is 6.82. The highest BCUT2D eigenvalue weighted by molar-refractivity contribution is 6.06. The highest BCUT2D eigenvalue weighted by Gasteiger charge is 2.47. The molecule has 3 atom stereocenters. The zero-order valence-corrected chi connectivity index (χ0v) is 17.6. The van der Waals surface area contributed by atoms with Crippen LogP contribution in [0.15, 0.2) is 48.5 Å². The van der Waals surface area contributed by atoms with Crippen LogP contribution in [0, 0.1) is 31.5 Å². The molecule has 0 spiro atoms. The Labute approximate surface area is 176 Å². The van der Waals surface area contributed by atoms with Crippen molar-refractivity contribution in [2.75, 3.05) is 26.7 Å². The van der Waals surface area contributed by atoms with Crippen LogP contribution in [0.25, 0.3) is 10.9 Å². The lowest BCUT2D eigenvalue weighted by molar-refractivity contribution is 0.0769. The molecule has 2 aromatic carbocycles. The van der Waals surface area contributed by atoms with E-state index in [0.29, 0.717) is 34.3 Å². The number of fused-ring (bicyclic) bond motifs is 2. The lowest BCUT2D eigenvalue weighted by Crippen LogP contribution is -2.33. The summed E-state index contributed by atoms with van der Waals surface area (Å²) in [6.45, 7) is 6.49. The Hall–Kier alpha value is -2.79. The van der Waals surface area contributed by atoms with Gasteiger partial charge in [-0.1, -0.05) is 24.3 Å². The summed E-state index contributed by atoms with van der Waals surface area (Å²) >= 11 is 0. The maximum absolute atomic E-state index is 13.9. The van der Waals surface area contributed by atoms with Gasteiger partial charge in [0.05, 0.1) is 11.1 Å². The normalized spacial score (nSPS) is 23.9. The number of carbonyl (C=O) groups is 1. The minimum atomic E-state index is -0.346. The van der Waals surface area contributed by atoms with E-state index in [-0.39, 0.29) is 11.7 Å². The van der Waals surface area contributed by atoms with E-state index in [1.165, 1.54) is 23.3 Å². The highest BCUT2D eigenvalue weighted by atomic mass is 19.1. The van der Waals surface area contributed by atoms with Crippen molar-refractivity contribution < 1.29 is 9.18 Å². The maximum Gasteiger partial charge on any atom is 0.254 e. The Bertz CT molecular complexity index is 1140. The number of halogens is 1. The largest absolute Gasteiger partial charge is 0.338 e. The van der Waals surface area contributed by atoms with Gasteiger partial charge in [0.1, 0.15) is 5.82 Å². The van der Waals surface area contributed by atoms with Crippen molar-refractivity contribution in [3.8, 4) is 0 Å². The van der Waals surface area contributed by atoms with Crippen LogP contribution in [-0.4, -0.2) is 47.4 Å². The fourth-order valence-corrected chi connectivity index (χ4v) is 5.49. The molecule has 0 bridgehead atoms. The van der Waals surface area contributed by atoms with Crippen LogP contribution in [0.1, 0.15) is 33.2 Å². The number of rotatable bonds is 2. The molecular weight excluding hydrogens is 377 g/mol. The average molecular weight is 404 g/mol. The van der Waals surface area contributed by atoms with Gasteiger partial charge in [0.25, 0.3) is 5.91 Å². The van der Waals surface area contributed by atoms with Crippen molar-refractivity contribution in [1.82, 2.24) is 14.8 Å². The number of likely N-dealkylation sites (tertiary alicyclic amines) is 2. The number of pyridine rings is 1. The number of hydrogen-bond donors (Lipinski definition) is 0. The van der Waals surface area contributed by atoms with Crippen molar-refractivity contribution in [3.05, 3.63) is 76.7 Å². The SMILES string of the molecule is Cc1cc(C(=O)N2C[C@@H]3CN(C)[C@@H](c4ccccc4C)[C@@H]3C2)c2cc(F)ccc2n1. The number of amides is 1. The van der Waals surface area contributed by atoms with Gasteiger partial charge < -0.3 is 4.90 Å². The number of hydrogen-bond acceptors (Lipinski definition) is 3. The maximum atomic E-state index is 13.9. The fourth-order valence-electron chi connectivity index (χ4n) is 5.49. The molecule has 0 radical (unpaired) electrons. The van der Waals surface area contributed by atoms with Gasteiger partial charge in [-0.05, 0) is 62.2 Å². The summed E-state index contributed by atoms with van der Waals surface area (Å²) in [5.41, 5.74) is 4.64. The standard InChI is InChI=1S/C25H26FN3O/c1-15-6-4-5-7-19(15)24-22-14-29(13-17(22)12-28(24)3)25(30)21-10-16(2)27-23-9-8-18(26)11-20(21)23/h4-11,17,22,24H,12-14H2,1-3H3/t17-,22+,24-/m0/s1. The minimum Gasteiger partial charge on any atom is -0.338 e. The Morgan fingerprint density at radius 2 is 1.87 bits per heavy atom. The van der Waals surface area contributed by atoms with Gasteiger partial charge >= 0.3 is 0 Å². The van der Waals surface area contributed by atoms with Crippen LogP contribution in [0.2, 0.25) is 0 Å². The molecule has 2 saturated heterocycles. The topological polar surface area (TPSA) is 36.4 Å². The first-order valence-corrected chi connectivity index (χ1v) is 10.5. The number of nitrogens with zero attached hydrogens (tertiary/aromatic N) is 3. The second-order valence-electron chi connectivity index (χ2n) is 8.85. The Kier molecular flexibility index (Phi) is 4.58. The first kappa shape index (κ1) is 19.2. The Morgan fingerprint density at radius 3 is 2.67 bits per heavy atom. The Morgan fingerprint density at radius 1 is 1.07 bits per heavy atom. The molecule has 2 fully saturated rings. The molecule has 5 heteroatoms. The molecule has 154 valence electrons. The summed E-state index contributed by atoms with van der Waals surface area (Å²) in [6, 6.07) is 15.1. The summed E-state index contributed by atoms with van der Waals surface area (Å²) in [5.74, 6) is 0.499. The van der Waals surface area contributed by atoms with E-state index in [9.17, 15) is 9.18 Å². The summed E-state index contributed by atoms with van der Waals surface area (Å²) in [5, 5.41) is 0.593. The Balaban J connectivity index is 1.47. The molecule has 5 rings (SSSR count). The van der Waals surface area contributed by atoms with Crippen molar-refractivity contribution >= 4 is 16.8 Å². The minimum absolute atomic E-state index is 0.0170. The van der Waals surface area contributed by atoms with E-state index in [1.54, 1.807) is 12.1 Å². The quantitative estimate of drug-likeness (QED) is 0.638. The van der Waals surface area contributed by atoms with Gasteiger partial charge in [0.2, 0.25) is 0 Å². The van der Waals surface area contributed by atoms with E-state index >= 15 is 0 Å². The third-order valence-electron chi connectivity index (χ3n) is 6.82. The van der Waals surface area contributed by atoms with Crippen molar-refractivity contribution in [2.24, 2.45) is 11.8 Å². The van der Waals surface area contributed by atoms with Crippen molar-refractivity contribution in [2.45, 2.75) is 19.9 Å². The number of aryl methyl sites for hydroxylation is 2. The molecule has 4 nitrogen and oxygen atoms in total. The predicted octanol–water partition coefficient (Wildman–Crippen LogP) is 4.37. The van der Waals surface area contributed by atoms with E-state index in [1.807, 2.05) is 11.8 Å². The zero-order valence-electron chi connectivity index (χ0n) is 17.6. The number of aromatic nitrogens is 1. The van der Waals surface area contributed by atoms with Crippen LogP contribution in [-0.2, 0) is 0 Å². The number of carbonyl (C=O) groups excluding carboxylic acids is 1. The molecule has 3 aromatic rings. The van der Waals surface area contributed by atoms with Gasteiger partial charge in [0.15, 0.2) is 0 Å². The van der Waals surface area contributed by atoms with Crippen molar-refractivity contribution in [1.29, 1.82) is 0 Å². The summed E-state index contributed by atoms with van der Waals surface area (Å²) < 4.78 is 13.9. The molecule has 1 amide bonds. The van der Waals surface area contributed by atoms with E-state index < -0.39 is 0 Å². The smallest absolute Gasteiger partial charge is 0.254 e. The van der Waals surface area contributed by atoms with Gasteiger partial charge in [-0.15, -0.1) is 0 Å². The summed E-state index contributed by atoms with van der Waals surface area (Å²) in [7, 11) is 2.18. The average Bonchev–Trinajstić information content (AvgIpc) is 3.24. The molecule has 0 saturated carbocycles. The first-order valence-electron chi connectivity index (χ1n) is 10.5. The number of benzene rings is 2. The summed E-state index contributed by atoms with van der Waals surface area (Å²) in [4.78, 5) is 22.4. The van der Waals surface area contributed by atoms with Crippen molar-refractivity contribution in [3.63, 3.8) is 0 Å². The van der Waals surface area contributed by atoms with Gasteiger partial charge in [-0.2, -0.15) is 0 Å². The van der Waals surface area contributed by atoms with E-state index in [2.05, 4.69) is 48.1 Å². The zero-order chi connectivity index (χ0) is 21.0. The molecule has 0 N–H and O–H groups in total. The lowest BCUT2D eigenvalue weighted by atomic mass is 9.88. The predicted molar refractivity (Wildman–Crippen MR) is 116 cm³/mol. The lowest BCUT2D eigenvalue weighted by Gasteiger charge is -2.28. The van der Waals surface area contributed by atoms with Crippen LogP contribution < -0.4 is 0 Å². The molecule has 3 heterocycles. The second kappa shape index (κ2) is 7.17. The van der Waals surface area contributed by atoms with E-state index in [0.717, 1.165) is 25.3 Å². The van der Waals surface area contributed by atoms with Gasteiger partial charge in [0, 0.05) is 42.7 Å². The summed E-state index contributed by atoms with van der Waals surface area (Å²) in [6.07, 6.45) is 0. The van der Waals surface area contributed by atoms with Crippen LogP contribution in [0.3, 0.4) is 0 Å². The molecule has 2 aliphatic rings. The second-order valence-corrected chi connectivity index (χ2v) is 8.85. The molecule has 1 aromatic heterocycles. The molecule has 0 unspecified atom stereocenters. The van der Waals surface area contributed by atoms with Gasteiger partial charge in [-0.3, -0.25) is 14.7 Å². The third kappa shape index (κ3) is 3.08. The fraction of sp³-hybridized carbons (Fsp3) is 0.360. The molecule has 2 aliphatic heterocycles. The van der Waals surface area contributed by atoms with Gasteiger partial charge in [-0.25, -0.2) is 4.39 Å². The van der Waals surface area contributed by atoms with E-state index in [4.69, 9.17) is 0 Å². The molecule has 30 heavy (non-hydrogen) atoms. The van der Waals surface area contributed by atoms with Crippen LogP contribution in [0.4, 0.5) is 4.39 Å². The van der Waals surface area contributed by atoms with Crippen LogP contribution >= 0.6 is 0 Å².